The van der Waals surface area contributed by atoms with Gasteiger partial charge in [-0.15, -0.1) is 0 Å². The van der Waals surface area contributed by atoms with Crippen LogP contribution in [0.5, 0.6) is 0 Å². The van der Waals surface area contributed by atoms with Gasteiger partial charge in [-0.1, -0.05) is 30.3 Å². The van der Waals surface area contributed by atoms with Crippen molar-refractivity contribution in [2.75, 3.05) is 32.8 Å². The van der Waals surface area contributed by atoms with Crippen molar-refractivity contribution in [1.82, 2.24) is 10.2 Å². The second kappa shape index (κ2) is 8.76. The first-order valence-corrected chi connectivity index (χ1v) is 8.01. The lowest BCUT2D eigenvalue weighted by Crippen LogP contribution is -2.44. The third-order valence-electron chi connectivity index (χ3n) is 3.72. The lowest BCUT2D eigenvalue weighted by Gasteiger charge is -2.24. The van der Waals surface area contributed by atoms with Crippen LogP contribution in [0.4, 0.5) is 4.79 Å². The summed E-state index contributed by atoms with van der Waals surface area (Å²) in [4.78, 5) is 14.2. The van der Waals surface area contributed by atoms with Gasteiger partial charge in [-0.3, -0.25) is 0 Å². The van der Waals surface area contributed by atoms with Crippen LogP contribution in [0, 0.1) is 0 Å². The number of nitrogens with zero attached hydrogens (tertiary/aromatic N) is 1. The lowest BCUT2D eigenvalue weighted by molar-refractivity contribution is 0.0601. The van der Waals surface area contributed by atoms with Crippen molar-refractivity contribution in [3.8, 4) is 0 Å². The molecule has 1 aliphatic rings. The molecule has 2 amide bonds. The first kappa shape index (κ1) is 16.8. The Morgan fingerprint density at radius 2 is 2.23 bits per heavy atom. The largest absolute Gasteiger partial charge is 0.377 e. The Kier molecular flexibility index (Phi) is 6.68. The maximum absolute atomic E-state index is 12.3. The molecule has 1 aromatic carbocycles. The smallest absolute Gasteiger partial charge is 0.317 e. The van der Waals surface area contributed by atoms with Crippen LogP contribution in [0.3, 0.4) is 0 Å². The average Bonchev–Trinajstić information content (AvgIpc) is 2.76. The number of carbonyl (C=O) groups excluding carboxylic acids is 1. The molecule has 2 rings (SSSR count). The molecule has 1 fully saturated rings. The van der Waals surface area contributed by atoms with Crippen molar-refractivity contribution in [2.45, 2.75) is 32.5 Å². The summed E-state index contributed by atoms with van der Waals surface area (Å²) in [5, 5.41) is 2.99. The minimum atomic E-state index is -0.115. The van der Waals surface area contributed by atoms with Crippen LogP contribution in [0.15, 0.2) is 30.3 Å². The van der Waals surface area contributed by atoms with E-state index in [1.807, 2.05) is 49.1 Å². The normalized spacial score (nSPS) is 20.3. The molecule has 0 aromatic heterocycles. The molecule has 5 heteroatoms. The number of hydrogen-bond acceptors (Lipinski definition) is 3. The summed E-state index contributed by atoms with van der Waals surface area (Å²) in [5.41, 5.74) is 1.08. The van der Waals surface area contributed by atoms with Crippen molar-refractivity contribution < 1.29 is 14.3 Å². The molecule has 2 unspecified atom stereocenters. The van der Waals surface area contributed by atoms with Crippen LogP contribution in [0.25, 0.3) is 0 Å². The van der Waals surface area contributed by atoms with Gasteiger partial charge in [0.2, 0.25) is 0 Å². The number of rotatable bonds is 5. The number of ether oxygens (including phenoxy) is 2. The number of carbonyl (C=O) groups is 1. The summed E-state index contributed by atoms with van der Waals surface area (Å²) in [6, 6.07) is 9.94. The molecule has 2 atom stereocenters. The summed E-state index contributed by atoms with van der Waals surface area (Å²) in [7, 11) is 0. The van der Waals surface area contributed by atoms with Gasteiger partial charge in [0.1, 0.15) is 0 Å². The molecule has 1 aliphatic heterocycles. The van der Waals surface area contributed by atoms with Gasteiger partial charge in [-0.2, -0.15) is 0 Å². The molecule has 0 bridgehead atoms. The van der Waals surface area contributed by atoms with Crippen LogP contribution < -0.4 is 5.32 Å². The lowest BCUT2D eigenvalue weighted by atomic mass is 10.1. The average molecular weight is 306 g/mol. The molecule has 1 N–H and O–H groups in total. The molecule has 0 saturated carbocycles. The van der Waals surface area contributed by atoms with Crippen molar-refractivity contribution in [3.63, 3.8) is 0 Å². The van der Waals surface area contributed by atoms with E-state index in [-0.39, 0.29) is 18.2 Å². The molecule has 5 nitrogen and oxygen atoms in total. The van der Waals surface area contributed by atoms with E-state index in [4.69, 9.17) is 9.47 Å². The van der Waals surface area contributed by atoms with Crippen LogP contribution in [-0.2, 0) is 9.47 Å². The zero-order valence-electron chi connectivity index (χ0n) is 13.5. The Morgan fingerprint density at radius 1 is 1.45 bits per heavy atom. The van der Waals surface area contributed by atoms with E-state index in [2.05, 4.69) is 5.32 Å². The van der Waals surface area contributed by atoms with E-state index >= 15 is 0 Å². The highest BCUT2D eigenvalue weighted by Crippen LogP contribution is 2.16. The van der Waals surface area contributed by atoms with Gasteiger partial charge in [-0.25, -0.2) is 4.79 Å². The highest BCUT2D eigenvalue weighted by Gasteiger charge is 2.21. The van der Waals surface area contributed by atoms with Crippen LogP contribution >= 0.6 is 0 Å². The minimum absolute atomic E-state index is 0.0435. The van der Waals surface area contributed by atoms with Gasteiger partial charge >= 0.3 is 6.03 Å². The highest BCUT2D eigenvalue weighted by molar-refractivity contribution is 5.74. The Labute approximate surface area is 132 Å². The van der Waals surface area contributed by atoms with Gasteiger partial charge in [0.15, 0.2) is 0 Å². The summed E-state index contributed by atoms with van der Waals surface area (Å²) >= 11 is 0. The second-order valence-corrected chi connectivity index (χ2v) is 5.52. The first-order chi connectivity index (χ1) is 10.7. The van der Waals surface area contributed by atoms with Gasteiger partial charge < -0.3 is 19.7 Å². The summed E-state index contributed by atoms with van der Waals surface area (Å²) in [6.07, 6.45) is 0.853. The SMILES string of the molecule is CCOC(CNC(=O)N1CCCOC(C)C1)c1ccccc1. The summed E-state index contributed by atoms with van der Waals surface area (Å²) in [5.74, 6) is 0. The van der Waals surface area contributed by atoms with Gasteiger partial charge in [0, 0.05) is 32.8 Å². The monoisotopic (exact) mass is 306 g/mol. The molecule has 1 aromatic rings. The fraction of sp³-hybridized carbons (Fsp3) is 0.588. The van der Waals surface area contributed by atoms with Crippen molar-refractivity contribution in [3.05, 3.63) is 35.9 Å². The van der Waals surface area contributed by atoms with Crippen LogP contribution in [-0.4, -0.2) is 49.9 Å². The summed E-state index contributed by atoms with van der Waals surface area (Å²) in [6.45, 7) is 7.14. The maximum Gasteiger partial charge on any atom is 0.317 e. The molecule has 122 valence electrons. The van der Waals surface area contributed by atoms with Gasteiger partial charge in [0.25, 0.3) is 0 Å². The molecular formula is C17H26N2O3. The zero-order valence-corrected chi connectivity index (χ0v) is 13.5. The van der Waals surface area contributed by atoms with E-state index in [1.54, 1.807) is 0 Å². The van der Waals surface area contributed by atoms with E-state index in [0.29, 0.717) is 19.7 Å². The molecule has 0 radical (unpaired) electrons. The third-order valence-corrected chi connectivity index (χ3v) is 3.72. The Morgan fingerprint density at radius 3 is 2.95 bits per heavy atom. The standard InChI is InChI=1S/C17H26N2O3/c1-3-21-16(15-8-5-4-6-9-15)12-18-17(20)19-10-7-11-22-14(2)13-19/h4-6,8-9,14,16H,3,7,10-13H2,1-2H3,(H,18,20). The molecule has 1 saturated heterocycles. The summed E-state index contributed by atoms with van der Waals surface area (Å²) < 4.78 is 11.3. The predicted molar refractivity (Wildman–Crippen MR) is 85.8 cm³/mol. The molecule has 22 heavy (non-hydrogen) atoms. The van der Waals surface area contributed by atoms with E-state index in [1.165, 1.54) is 0 Å². The molecule has 1 heterocycles. The first-order valence-electron chi connectivity index (χ1n) is 8.01. The number of nitrogens with one attached hydrogen (secondary N) is 1. The van der Waals surface area contributed by atoms with Gasteiger partial charge in [0.05, 0.1) is 12.2 Å². The van der Waals surface area contributed by atoms with E-state index in [0.717, 1.165) is 25.1 Å². The molecule has 0 spiro atoms. The zero-order chi connectivity index (χ0) is 15.8. The maximum atomic E-state index is 12.3. The van der Waals surface area contributed by atoms with Crippen molar-refractivity contribution >= 4 is 6.03 Å². The van der Waals surface area contributed by atoms with Crippen LogP contribution in [0.1, 0.15) is 31.9 Å². The topological polar surface area (TPSA) is 50.8 Å². The number of benzene rings is 1. The van der Waals surface area contributed by atoms with Crippen molar-refractivity contribution in [1.29, 1.82) is 0 Å². The Bertz CT molecular complexity index is 452. The molecular weight excluding hydrogens is 280 g/mol. The number of urea groups is 1. The van der Waals surface area contributed by atoms with Crippen LogP contribution in [0.2, 0.25) is 0 Å². The number of hydrogen-bond donors (Lipinski definition) is 1. The minimum Gasteiger partial charge on any atom is -0.377 e. The highest BCUT2D eigenvalue weighted by atomic mass is 16.5. The Balaban J connectivity index is 1.89. The fourth-order valence-corrected chi connectivity index (χ4v) is 2.61. The van der Waals surface area contributed by atoms with Crippen molar-refractivity contribution in [2.24, 2.45) is 0 Å². The van der Waals surface area contributed by atoms with E-state index < -0.39 is 0 Å². The van der Waals surface area contributed by atoms with Gasteiger partial charge in [-0.05, 0) is 25.8 Å². The molecule has 0 aliphatic carbocycles. The predicted octanol–water partition coefficient (Wildman–Crippen LogP) is 2.58. The third kappa shape index (κ3) is 5.00. The number of amides is 2. The fourth-order valence-electron chi connectivity index (χ4n) is 2.61. The Hall–Kier alpha value is -1.59. The quantitative estimate of drug-likeness (QED) is 0.909. The van der Waals surface area contributed by atoms with E-state index in [9.17, 15) is 4.79 Å². The second-order valence-electron chi connectivity index (χ2n) is 5.52.